The van der Waals surface area contributed by atoms with E-state index in [-0.39, 0.29) is 0 Å². The van der Waals surface area contributed by atoms with Crippen molar-refractivity contribution in [1.29, 1.82) is 0 Å². The summed E-state index contributed by atoms with van der Waals surface area (Å²) >= 11 is 0. The molecule has 8 nitrogen and oxygen atoms in total. The van der Waals surface area contributed by atoms with Crippen LogP contribution in [0.2, 0.25) is 0 Å². The van der Waals surface area contributed by atoms with Gasteiger partial charge in [-0.3, -0.25) is 9.97 Å². The van der Waals surface area contributed by atoms with Crippen molar-refractivity contribution >= 4 is 54.1 Å². The molecule has 0 N–H and O–H groups in total. The highest BCUT2D eigenvalue weighted by Crippen LogP contribution is 2.41. The molecule has 0 saturated heterocycles. The van der Waals surface area contributed by atoms with Gasteiger partial charge in [0.1, 0.15) is 0 Å². The van der Waals surface area contributed by atoms with Crippen LogP contribution >= 0.6 is 0 Å². The molecular weight excluding hydrogens is 1290 g/mol. The molecule has 8 heteroatoms. The van der Waals surface area contributed by atoms with Crippen molar-refractivity contribution in [3.05, 3.63) is 376 Å². The molecule has 5 aromatic heterocycles. The Hall–Kier alpha value is -14.1. The number of aromatic nitrogens is 8. The molecule has 0 radical (unpaired) electrons. The highest BCUT2D eigenvalue weighted by Gasteiger charge is 2.18. The van der Waals surface area contributed by atoms with Gasteiger partial charge in [-0.15, -0.1) is 0 Å². The van der Waals surface area contributed by atoms with E-state index >= 15 is 0 Å². The number of benzene rings is 14. The second-order valence-corrected chi connectivity index (χ2v) is 26.8. The minimum Gasteiger partial charge on any atom is -0.264 e. The van der Waals surface area contributed by atoms with Crippen LogP contribution < -0.4 is 0 Å². The van der Waals surface area contributed by atoms with Crippen LogP contribution in [0.3, 0.4) is 0 Å². The highest BCUT2D eigenvalue weighted by molar-refractivity contribution is 6.14. The number of pyridine rings is 3. The van der Waals surface area contributed by atoms with E-state index in [1.165, 1.54) is 60.1 Å². The zero-order chi connectivity index (χ0) is 70.9. The first kappa shape index (κ1) is 64.0. The Morgan fingerprint density at radius 3 is 1.32 bits per heavy atom. The summed E-state index contributed by atoms with van der Waals surface area (Å²) in [5.41, 5.74) is 25.4. The van der Waals surface area contributed by atoms with Gasteiger partial charge in [0.05, 0.1) is 28.1 Å². The molecule has 0 unspecified atom stereocenters. The smallest absolute Gasteiger partial charge is 0.165 e. The molecule has 5 heterocycles. The lowest BCUT2D eigenvalue weighted by Gasteiger charge is -2.14. The minimum atomic E-state index is 0.588. The highest BCUT2D eigenvalue weighted by atomic mass is 15.0. The van der Waals surface area contributed by atoms with E-state index in [2.05, 4.69) is 292 Å². The topological polar surface area (TPSA) is 103 Å². The van der Waals surface area contributed by atoms with Crippen LogP contribution in [0.1, 0.15) is 11.3 Å². The summed E-state index contributed by atoms with van der Waals surface area (Å²) in [7, 11) is 0. The van der Waals surface area contributed by atoms with Gasteiger partial charge in [-0.05, 0) is 150 Å². The van der Waals surface area contributed by atoms with Gasteiger partial charge in [0.2, 0.25) is 0 Å². The summed E-state index contributed by atoms with van der Waals surface area (Å²) in [6.07, 6.45) is 3.52. The maximum atomic E-state index is 5.24. The molecule has 0 saturated carbocycles. The first-order valence-electron chi connectivity index (χ1n) is 35.7. The summed E-state index contributed by atoms with van der Waals surface area (Å²) in [5, 5.41) is 9.62. The second kappa shape index (κ2) is 28.0. The number of fused-ring (bicyclic) bond motifs is 7. The molecule has 0 aliphatic carbocycles. The van der Waals surface area contributed by atoms with Crippen molar-refractivity contribution in [2.24, 2.45) is 0 Å². The SMILES string of the molecule is Cc1cc(-c2ccc(-c3ccc(-c4nc(-c5ccccc5)nc(-c5cccnc5)n4)cc3)cc2)c2ccc3ccc(-c4cccc5ccccc45)nc3c2n1.Cc1cc(-c2ccc(-c3cccc(-c4cc(-c5ccccc5)nc(-c5ccccc5)n4)c3)cc2)c2ccc3ccc(-c4ccccc4)cc3c2c1. The standard InChI is InChI=1S/C49H32N6.C49H34N2/c1-31-29-43(42-26-24-36-25-27-44(52-45(36)46(42)51-31)41-15-7-12-34-9-5-6-14-40(34)41)35-20-16-32(17-21-35)33-18-22-38(23-19-33)48-53-47(37-10-3-2-4-11-37)54-49(55-48)39-13-8-28-50-30-39;1-33-28-44(43-27-26-37-24-25-41(31-45(37)46(43)29-33)34-12-5-2-6-13-34)36-22-20-35(21-23-36)40-18-11-19-42(30-40)48-32-47(38-14-7-3-8-15-38)50-49(51-48)39-16-9-4-10-17-39/h2-30H,1H3;2-32H,1H3. The van der Waals surface area contributed by atoms with E-state index in [9.17, 15) is 0 Å². The quantitative estimate of drug-likeness (QED) is 0.111. The molecule has 14 aromatic carbocycles. The maximum Gasteiger partial charge on any atom is 0.165 e. The Labute approximate surface area is 614 Å². The third-order valence-electron chi connectivity index (χ3n) is 19.8. The third kappa shape index (κ3) is 12.9. The molecule has 0 atom stereocenters. The maximum absolute atomic E-state index is 5.24. The molecule has 0 fully saturated rings. The Balaban J connectivity index is 0.000000151. The van der Waals surface area contributed by atoms with Gasteiger partial charge < -0.3 is 0 Å². The van der Waals surface area contributed by atoms with E-state index in [1.54, 1.807) is 12.4 Å². The number of nitrogens with zero attached hydrogens (tertiary/aromatic N) is 8. The minimum absolute atomic E-state index is 0.588. The van der Waals surface area contributed by atoms with Crippen LogP contribution in [0.4, 0.5) is 0 Å². The first-order valence-corrected chi connectivity index (χ1v) is 35.7. The number of hydrogen-bond acceptors (Lipinski definition) is 8. The van der Waals surface area contributed by atoms with E-state index in [0.29, 0.717) is 17.5 Å². The number of hydrogen-bond donors (Lipinski definition) is 0. The van der Waals surface area contributed by atoms with Crippen molar-refractivity contribution in [1.82, 2.24) is 39.9 Å². The van der Waals surface area contributed by atoms with Crippen LogP contribution in [0.5, 0.6) is 0 Å². The van der Waals surface area contributed by atoms with Crippen LogP contribution in [0, 0.1) is 13.8 Å². The Bertz CT molecular complexity index is 6360. The van der Waals surface area contributed by atoms with Crippen molar-refractivity contribution in [3.8, 4) is 135 Å². The first-order chi connectivity index (χ1) is 52.3. The summed E-state index contributed by atoms with van der Waals surface area (Å²) in [4.78, 5) is 39.1. The molecule has 0 bridgehead atoms. The summed E-state index contributed by atoms with van der Waals surface area (Å²) in [6.45, 7) is 4.25. The monoisotopic (exact) mass is 1350 g/mol. The van der Waals surface area contributed by atoms with Gasteiger partial charge >= 0.3 is 0 Å². The van der Waals surface area contributed by atoms with E-state index in [1.807, 2.05) is 78.9 Å². The van der Waals surface area contributed by atoms with Gasteiger partial charge in [0.15, 0.2) is 23.3 Å². The molecule has 19 rings (SSSR count). The van der Waals surface area contributed by atoms with Crippen molar-refractivity contribution in [2.45, 2.75) is 13.8 Å². The summed E-state index contributed by atoms with van der Waals surface area (Å²) < 4.78 is 0. The Morgan fingerprint density at radius 2 is 0.651 bits per heavy atom. The van der Waals surface area contributed by atoms with Crippen molar-refractivity contribution in [3.63, 3.8) is 0 Å². The molecular formula is C98H66N8. The molecule has 0 aliphatic heterocycles. The molecule has 498 valence electrons. The van der Waals surface area contributed by atoms with Gasteiger partial charge in [0.25, 0.3) is 0 Å². The largest absolute Gasteiger partial charge is 0.264 e. The van der Waals surface area contributed by atoms with E-state index < -0.39 is 0 Å². The summed E-state index contributed by atoms with van der Waals surface area (Å²) in [6, 6.07) is 124. The van der Waals surface area contributed by atoms with Crippen molar-refractivity contribution in [2.75, 3.05) is 0 Å². The van der Waals surface area contributed by atoms with Crippen LogP contribution in [-0.2, 0) is 0 Å². The molecule has 0 spiro atoms. The molecule has 0 aliphatic rings. The van der Waals surface area contributed by atoms with Gasteiger partial charge in [-0.1, -0.05) is 309 Å². The van der Waals surface area contributed by atoms with Crippen LogP contribution in [-0.4, -0.2) is 39.9 Å². The Morgan fingerprint density at radius 1 is 0.198 bits per heavy atom. The normalized spacial score (nSPS) is 11.3. The second-order valence-electron chi connectivity index (χ2n) is 26.8. The fourth-order valence-electron chi connectivity index (χ4n) is 14.5. The van der Waals surface area contributed by atoms with Crippen molar-refractivity contribution < 1.29 is 0 Å². The lowest BCUT2D eigenvalue weighted by molar-refractivity contribution is 1.07. The molecule has 106 heavy (non-hydrogen) atoms. The Kier molecular flexibility index (Phi) is 16.9. The molecule has 0 amide bonds. The number of rotatable bonds is 12. The predicted molar refractivity (Wildman–Crippen MR) is 437 cm³/mol. The van der Waals surface area contributed by atoms with E-state index in [0.717, 1.165) is 123 Å². The number of aryl methyl sites for hydroxylation is 2. The van der Waals surface area contributed by atoms with Gasteiger partial charge in [-0.25, -0.2) is 29.9 Å². The zero-order valence-corrected chi connectivity index (χ0v) is 58.2. The third-order valence-corrected chi connectivity index (χ3v) is 19.8. The van der Waals surface area contributed by atoms with Crippen LogP contribution in [0.15, 0.2) is 364 Å². The zero-order valence-electron chi connectivity index (χ0n) is 58.2. The average Bonchev–Trinajstić information content (AvgIpc) is 0.759. The average molecular weight is 1360 g/mol. The van der Waals surface area contributed by atoms with Crippen LogP contribution in [0.25, 0.3) is 189 Å². The lowest BCUT2D eigenvalue weighted by atomic mass is 9.91. The predicted octanol–water partition coefficient (Wildman–Crippen LogP) is 24.9. The van der Waals surface area contributed by atoms with Gasteiger partial charge in [-0.2, -0.15) is 0 Å². The van der Waals surface area contributed by atoms with Gasteiger partial charge in [0, 0.05) is 67.8 Å². The van der Waals surface area contributed by atoms with E-state index in [4.69, 9.17) is 34.9 Å². The molecule has 19 aromatic rings. The fourth-order valence-corrected chi connectivity index (χ4v) is 14.5. The fraction of sp³-hybridized carbons (Fsp3) is 0.0204. The lowest BCUT2D eigenvalue weighted by Crippen LogP contribution is -2.00. The summed E-state index contributed by atoms with van der Waals surface area (Å²) in [5.74, 6) is 2.54.